The summed E-state index contributed by atoms with van der Waals surface area (Å²) >= 11 is 0. The van der Waals surface area contributed by atoms with Gasteiger partial charge in [-0.3, -0.25) is 4.98 Å². The third kappa shape index (κ3) is 6.20. The molecule has 2 atom stereocenters. The van der Waals surface area contributed by atoms with Crippen LogP contribution in [0, 0.1) is 11.2 Å². The summed E-state index contributed by atoms with van der Waals surface area (Å²) in [5.41, 5.74) is 2.24. The molecule has 2 aromatic rings. The second-order valence-corrected chi connectivity index (χ2v) is 9.39. The maximum absolute atomic E-state index is 13.2. The molecule has 1 saturated heterocycles. The van der Waals surface area contributed by atoms with E-state index >= 15 is 0 Å². The van der Waals surface area contributed by atoms with Gasteiger partial charge in [0, 0.05) is 24.2 Å². The van der Waals surface area contributed by atoms with Crippen LogP contribution in [0.4, 0.5) is 9.18 Å². The molecule has 33 heavy (non-hydrogen) atoms. The van der Waals surface area contributed by atoms with Crippen LogP contribution < -0.4 is 5.32 Å². The minimum atomic E-state index is -0.306. The van der Waals surface area contributed by atoms with Gasteiger partial charge < -0.3 is 15.0 Å². The van der Waals surface area contributed by atoms with E-state index in [9.17, 15) is 9.18 Å². The van der Waals surface area contributed by atoms with Crippen molar-refractivity contribution < 1.29 is 13.9 Å². The van der Waals surface area contributed by atoms with Crippen LogP contribution in [0.15, 0.2) is 61.3 Å². The second kappa shape index (κ2) is 10.9. The lowest BCUT2D eigenvalue weighted by molar-refractivity contribution is 0.0656. The molecule has 0 radical (unpaired) electrons. The molecular formula is C27H34FN3O2. The molecule has 4 rings (SSSR count). The van der Waals surface area contributed by atoms with Crippen molar-refractivity contribution in [2.45, 2.75) is 50.5 Å². The molecule has 0 bridgehead atoms. The Hall–Kier alpha value is -2.73. The first-order valence-corrected chi connectivity index (χ1v) is 12.0. The zero-order valence-corrected chi connectivity index (χ0v) is 19.2. The van der Waals surface area contributed by atoms with Crippen molar-refractivity contribution in [1.82, 2.24) is 15.2 Å². The number of carbonyl (C=O) groups is 1. The number of pyridine rings is 1. The summed E-state index contributed by atoms with van der Waals surface area (Å²) in [4.78, 5) is 19.3. The predicted octanol–water partition coefficient (Wildman–Crippen LogP) is 5.09. The van der Waals surface area contributed by atoms with Crippen LogP contribution in [0.1, 0.15) is 49.3 Å². The summed E-state index contributed by atoms with van der Waals surface area (Å²) in [6, 6.07) is 13.8. The highest BCUT2D eigenvalue weighted by molar-refractivity contribution is 5.69. The first-order valence-electron chi connectivity index (χ1n) is 12.0. The van der Waals surface area contributed by atoms with Crippen LogP contribution in [0.3, 0.4) is 0 Å². The topological polar surface area (TPSA) is 54.5 Å². The number of rotatable bonds is 10. The molecule has 1 aliphatic heterocycles. The molecule has 0 spiro atoms. The summed E-state index contributed by atoms with van der Waals surface area (Å²) in [6.07, 6.45) is 8.46. The Bertz CT molecular complexity index is 913. The smallest absolute Gasteiger partial charge is 0.410 e. The first-order chi connectivity index (χ1) is 16.1. The second-order valence-electron chi connectivity index (χ2n) is 9.39. The van der Waals surface area contributed by atoms with E-state index in [4.69, 9.17) is 4.74 Å². The number of halogens is 1. The summed E-state index contributed by atoms with van der Waals surface area (Å²) in [5, 5.41) is 3.47. The predicted molar refractivity (Wildman–Crippen MR) is 128 cm³/mol. The number of benzene rings is 1. The van der Waals surface area contributed by atoms with Crippen molar-refractivity contribution in [3.8, 4) is 0 Å². The largest absolute Gasteiger partial charge is 0.445 e. The normalized spacial score (nSPS) is 21.2. The van der Waals surface area contributed by atoms with Gasteiger partial charge in [-0.25, -0.2) is 9.18 Å². The minimum Gasteiger partial charge on any atom is -0.445 e. The fourth-order valence-corrected chi connectivity index (χ4v) is 5.12. The highest BCUT2D eigenvalue weighted by atomic mass is 19.1. The Morgan fingerprint density at radius 3 is 2.73 bits per heavy atom. The van der Waals surface area contributed by atoms with Crippen LogP contribution in [-0.4, -0.2) is 48.3 Å². The van der Waals surface area contributed by atoms with Gasteiger partial charge in [0.25, 0.3) is 0 Å². The van der Waals surface area contributed by atoms with Gasteiger partial charge in [-0.15, -0.1) is 0 Å². The Labute approximate surface area is 196 Å². The molecule has 176 valence electrons. The molecule has 1 unspecified atom stereocenters. The van der Waals surface area contributed by atoms with Crippen molar-refractivity contribution in [1.29, 1.82) is 0 Å². The quantitative estimate of drug-likeness (QED) is 0.511. The number of ether oxygens (including phenoxy) is 1. The van der Waals surface area contributed by atoms with Crippen LogP contribution in [0.25, 0.3) is 0 Å². The van der Waals surface area contributed by atoms with E-state index in [1.54, 1.807) is 12.1 Å². The molecule has 1 saturated carbocycles. The summed E-state index contributed by atoms with van der Waals surface area (Å²) in [7, 11) is 0. The van der Waals surface area contributed by atoms with Crippen LogP contribution in [-0.2, 0) is 11.2 Å². The van der Waals surface area contributed by atoms with Crippen molar-refractivity contribution in [2.24, 2.45) is 5.41 Å². The molecule has 6 heteroatoms. The van der Waals surface area contributed by atoms with Crippen molar-refractivity contribution in [2.75, 3.05) is 26.2 Å². The number of nitrogens with one attached hydrogen (secondary N) is 1. The van der Waals surface area contributed by atoms with Gasteiger partial charge in [-0.05, 0) is 74.7 Å². The maximum Gasteiger partial charge on any atom is 0.410 e. The average molecular weight is 452 g/mol. The lowest BCUT2D eigenvalue weighted by Crippen LogP contribution is -2.48. The number of amides is 1. The molecule has 1 amide bonds. The minimum absolute atomic E-state index is 0.0440. The van der Waals surface area contributed by atoms with Gasteiger partial charge in [0.1, 0.15) is 12.4 Å². The lowest BCUT2D eigenvalue weighted by Gasteiger charge is -2.41. The fraction of sp³-hybridized carbons (Fsp3) is 0.481. The SMILES string of the molecule is C=CCOC(=O)N(CC1(CCCc2ccc(F)cn2)CCNCC1)[C@@H]1CC1c1ccccc1. The molecule has 5 nitrogen and oxygen atoms in total. The Morgan fingerprint density at radius 2 is 2.03 bits per heavy atom. The Kier molecular flexibility index (Phi) is 7.76. The van der Waals surface area contributed by atoms with Crippen molar-refractivity contribution in [3.05, 3.63) is 78.4 Å². The summed E-state index contributed by atoms with van der Waals surface area (Å²) in [6.45, 7) is 6.53. The highest BCUT2D eigenvalue weighted by Gasteiger charge is 2.48. The zero-order valence-electron chi connectivity index (χ0n) is 19.2. The van der Waals surface area contributed by atoms with Crippen molar-refractivity contribution in [3.63, 3.8) is 0 Å². The standard InChI is InChI=1S/C27H34FN3O2/c1-2-17-33-26(32)31(25-18-24(25)21-7-4-3-5-8-21)20-27(13-15-29-16-14-27)12-6-9-23-11-10-22(28)19-30-23/h2-5,7-8,10-11,19,24-25,29H,1,6,9,12-18,20H2/t24?,25-/m1/s1. The molecule has 2 heterocycles. The number of piperidine rings is 1. The van der Waals surface area contributed by atoms with E-state index in [2.05, 4.69) is 41.1 Å². The number of hydrogen-bond acceptors (Lipinski definition) is 4. The number of carbonyl (C=O) groups excluding carboxylic acids is 1. The lowest BCUT2D eigenvalue weighted by atomic mass is 9.74. The molecule has 1 aromatic heterocycles. The first kappa shape index (κ1) is 23.4. The van der Waals surface area contributed by atoms with Gasteiger partial charge in [0.2, 0.25) is 0 Å². The summed E-state index contributed by atoms with van der Waals surface area (Å²) in [5.74, 6) is 0.0596. The van der Waals surface area contributed by atoms with E-state index in [-0.39, 0.29) is 30.0 Å². The highest BCUT2D eigenvalue weighted by Crippen LogP contribution is 2.47. The average Bonchev–Trinajstić information content (AvgIpc) is 3.64. The Morgan fingerprint density at radius 1 is 1.24 bits per heavy atom. The maximum atomic E-state index is 13.2. The molecule has 2 fully saturated rings. The summed E-state index contributed by atoms with van der Waals surface area (Å²) < 4.78 is 18.7. The van der Waals surface area contributed by atoms with Crippen molar-refractivity contribution >= 4 is 6.09 Å². The molecule has 1 N–H and O–H groups in total. The van der Waals surface area contributed by atoms with E-state index in [1.807, 2.05) is 11.0 Å². The van der Waals surface area contributed by atoms with E-state index < -0.39 is 0 Å². The third-order valence-corrected chi connectivity index (χ3v) is 7.04. The van der Waals surface area contributed by atoms with Crippen LogP contribution in [0.5, 0.6) is 0 Å². The zero-order chi connectivity index (χ0) is 23.1. The van der Waals surface area contributed by atoms with E-state index in [1.165, 1.54) is 17.8 Å². The van der Waals surface area contributed by atoms with Gasteiger partial charge in [0.05, 0.1) is 6.20 Å². The monoisotopic (exact) mass is 451 g/mol. The van der Waals surface area contributed by atoms with E-state index in [0.29, 0.717) is 12.5 Å². The van der Waals surface area contributed by atoms with Gasteiger partial charge in [0.15, 0.2) is 0 Å². The fourth-order valence-electron chi connectivity index (χ4n) is 5.12. The van der Waals surface area contributed by atoms with Gasteiger partial charge in [-0.1, -0.05) is 43.0 Å². The molecule has 1 aromatic carbocycles. The molecular weight excluding hydrogens is 417 g/mol. The van der Waals surface area contributed by atoms with Crippen LogP contribution >= 0.6 is 0 Å². The van der Waals surface area contributed by atoms with Gasteiger partial charge in [-0.2, -0.15) is 0 Å². The molecule has 1 aliphatic carbocycles. The number of hydrogen-bond donors (Lipinski definition) is 1. The Balaban J connectivity index is 1.46. The number of aromatic nitrogens is 1. The number of nitrogens with zero attached hydrogens (tertiary/aromatic N) is 2. The van der Waals surface area contributed by atoms with Crippen LogP contribution in [0.2, 0.25) is 0 Å². The molecule has 2 aliphatic rings. The number of aryl methyl sites for hydroxylation is 1. The van der Waals surface area contributed by atoms with E-state index in [0.717, 1.165) is 57.3 Å². The third-order valence-electron chi connectivity index (χ3n) is 7.04. The van der Waals surface area contributed by atoms with Gasteiger partial charge >= 0.3 is 6.09 Å².